The maximum atomic E-state index is 6.04. The minimum absolute atomic E-state index is 0.261. The summed E-state index contributed by atoms with van der Waals surface area (Å²) in [5, 5.41) is 0. The highest BCUT2D eigenvalue weighted by Crippen LogP contribution is 2.29. The molecule has 1 aliphatic rings. The van der Waals surface area contributed by atoms with E-state index in [1.807, 2.05) is 0 Å². The van der Waals surface area contributed by atoms with Gasteiger partial charge in [0.15, 0.2) is 0 Å². The van der Waals surface area contributed by atoms with Gasteiger partial charge in [-0.15, -0.1) is 0 Å². The molecule has 1 saturated heterocycles. The molecule has 0 spiro atoms. The largest absolute Gasteiger partial charge is 0.368 e. The van der Waals surface area contributed by atoms with Crippen molar-refractivity contribution in [1.29, 1.82) is 0 Å². The summed E-state index contributed by atoms with van der Waals surface area (Å²) in [6, 6.07) is 7.55. The van der Waals surface area contributed by atoms with Crippen molar-refractivity contribution in [2.75, 3.05) is 31.6 Å². The lowest BCUT2D eigenvalue weighted by Gasteiger charge is -2.39. The molecule has 2 rings (SSSR count). The van der Waals surface area contributed by atoms with Gasteiger partial charge in [0.2, 0.25) is 0 Å². The zero-order valence-electron chi connectivity index (χ0n) is 12.8. The van der Waals surface area contributed by atoms with E-state index in [1.54, 1.807) is 0 Å². The molecule has 1 aromatic carbocycles. The lowest BCUT2D eigenvalue weighted by atomic mass is 10.0. The van der Waals surface area contributed by atoms with Gasteiger partial charge in [0, 0.05) is 36.2 Å². The van der Waals surface area contributed by atoms with Crippen LogP contribution in [0.1, 0.15) is 25.8 Å². The maximum absolute atomic E-state index is 6.04. The minimum Gasteiger partial charge on any atom is -0.368 e. The van der Waals surface area contributed by atoms with Crippen molar-refractivity contribution >= 4 is 21.6 Å². The summed E-state index contributed by atoms with van der Waals surface area (Å²) in [4.78, 5) is 4.89. The van der Waals surface area contributed by atoms with Crippen LogP contribution in [-0.4, -0.2) is 43.7 Å². The van der Waals surface area contributed by atoms with Crippen LogP contribution in [-0.2, 0) is 6.42 Å². The first-order valence-corrected chi connectivity index (χ1v) is 8.29. The summed E-state index contributed by atoms with van der Waals surface area (Å²) >= 11 is 3.73. The Morgan fingerprint density at radius 3 is 2.75 bits per heavy atom. The highest BCUT2D eigenvalue weighted by atomic mass is 79.9. The fourth-order valence-electron chi connectivity index (χ4n) is 2.65. The Bertz CT molecular complexity index is 449. The molecule has 0 amide bonds. The molecule has 112 valence electrons. The third-order valence-corrected chi connectivity index (χ3v) is 4.97. The molecular formula is C16H26BrN3. The van der Waals surface area contributed by atoms with Crippen LogP contribution in [0, 0.1) is 0 Å². The van der Waals surface area contributed by atoms with Gasteiger partial charge >= 0.3 is 0 Å². The van der Waals surface area contributed by atoms with Gasteiger partial charge in [-0.25, -0.2) is 0 Å². The molecule has 2 unspecified atom stereocenters. The summed E-state index contributed by atoms with van der Waals surface area (Å²) in [6.45, 7) is 7.72. The van der Waals surface area contributed by atoms with E-state index in [-0.39, 0.29) is 6.04 Å². The molecular weight excluding hydrogens is 314 g/mol. The molecule has 0 aliphatic carbocycles. The number of halogens is 1. The van der Waals surface area contributed by atoms with Crippen molar-refractivity contribution < 1.29 is 0 Å². The average molecular weight is 340 g/mol. The van der Waals surface area contributed by atoms with E-state index >= 15 is 0 Å². The summed E-state index contributed by atoms with van der Waals surface area (Å²) in [5.74, 6) is 0. The fraction of sp³-hybridized carbons (Fsp3) is 0.625. The molecule has 3 nitrogen and oxygen atoms in total. The lowest BCUT2D eigenvalue weighted by molar-refractivity contribution is 0.234. The number of rotatable bonds is 4. The molecule has 0 aromatic heterocycles. The molecule has 2 N–H and O–H groups in total. The molecule has 2 atom stereocenters. The molecule has 1 heterocycles. The third kappa shape index (κ3) is 3.74. The Balaban J connectivity index is 2.09. The number of nitrogens with zero attached hydrogens (tertiary/aromatic N) is 2. The van der Waals surface area contributed by atoms with Gasteiger partial charge in [0.05, 0.1) is 5.69 Å². The number of nitrogens with two attached hydrogens (primary N) is 1. The fourth-order valence-corrected chi connectivity index (χ4v) is 3.33. The summed E-state index contributed by atoms with van der Waals surface area (Å²) in [7, 11) is 2.20. The van der Waals surface area contributed by atoms with Crippen molar-refractivity contribution in [3.8, 4) is 0 Å². The first-order chi connectivity index (χ1) is 9.51. The Morgan fingerprint density at radius 1 is 1.40 bits per heavy atom. The standard InChI is InChI=1S/C16H26BrN3/c1-4-14(18)9-13-5-6-16(15(17)10-13)20-8-7-19(3)12(2)11-20/h5-6,10,12,14H,4,7-9,11,18H2,1-3H3. The van der Waals surface area contributed by atoms with Crippen LogP contribution in [0.4, 0.5) is 5.69 Å². The number of benzene rings is 1. The highest BCUT2D eigenvalue weighted by Gasteiger charge is 2.22. The highest BCUT2D eigenvalue weighted by molar-refractivity contribution is 9.10. The van der Waals surface area contributed by atoms with E-state index in [0.29, 0.717) is 6.04 Å². The molecule has 20 heavy (non-hydrogen) atoms. The van der Waals surface area contributed by atoms with Crippen LogP contribution in [0.5, 0.6) is 0 Å². The Morgan fingerprint density at radius 2 is 2.15 bits per heavy atom. The normalized spacial score (nSPS) is 22.1. The Hall–Kier alpha value is -0.580. The molecule has 1 aliphatic heterocycles. The van der Waals surface area contributed by atoms with Gasteiger partial charge in [-0.1, -0.05) is 13.0 Å². The van der Waals surface area contributed by atoms with Crippen LogP contribution in [0.3, 0.4) is 0 Å². The van der Waals surface area contributed by atoms with Gasteiger partial charge in [-0.2, -0.15) is 0 Å². The van der Waals surface area contributed by atoms with Crippen LogP contribution in [0.2, 0.25) is 0 Å². The zero-order valence-corrected chi connectivity index (χ0v) is 14.4. The van der Waals surface area contributed by atoms with E-state index in [1.165, 1.54) is 15.7 Å². The van der Waals surface area contributed by atoms with Gasteiger partial charge < -0.3 is 15.5 Å². The van der Waals surface area contributed by atoms with Gasteiger partial charge in [0.25, 0.3) is 0 Å². The van der Waals surface area contributed by atoms with Crippen molar-refractivity contribution in [3.05, 3.63) is 28.2 Å². The molecule has 4 heteroatoms. The third-order valence-electron chi connectivity index (χ3n) is 4.33. The predicted molar refractivity (Wildman–Crippen MR) is 90.4 cm³/mol. The lowest BCUT2D eigenvalue weighted by Crippen LogP contribution is -2.50. The zero-order chi connectivity index (χ0) is 14.7. The van der Waals surface area contributed by atoms with Crippen molar-refractivity contribution in [2.45, 2.75) is 38.8 Å². The number of likely N-dealkylation sites (N-methyl/N-ethyl adjacent to an activating group) is 1. The van der Waals surface area contributed by atoms with Crippen molar-refractivity contribution in [1.82, 2.24) is 4.90 Å². The smallest absolute Gasteiger partial charge is 0.0511 e. The molecule has 0 radical (unpaired) electrons. The average Bonchev–Trinajstić information content (AvgIpc) is 2.42. The Labute approximate surface area is 131 Å². The summed E-state index contributed by atoms with van der Waals surface area (Å²) < 4.78 is 1.19. The number of hydrogen-bond donors (Lipinski definition) is 1. The number of hydrogen-bond acceptors (Lipinski definition) is 3. The van der Waals surface area contributed by atoms with Gasteiger partial charge in [-0.05, 0) is 60.4 Å². The van der Waals surface area contributed by atoms with Crippen LogP contribution in [0.15, 0.2) is 22.7 Å². The van der Waals surface area contributed by atoms with E-state index in [0.717, 1.165) is 32.5 Å². The molecule has 1 fully saturated rings. The number of piperazine rings is 1. The van der Waals surface area contributed by atoms with Crippen LogP contribution >= 0.6 is 15.9 Å². The summed E-state index contributed by atoms with van der Waals surface area (Å²) in [6.07, 6.45) is 1.98. The quantitative estimate of drug-likeness (QED) is 0.915. The monoisotopic (exact) mass is 339 g/mol. The minimum atomic E-state index is 0.261. The van der Waals surface area contributed by atoms with E-state index in [2.05, 4.69) is 64.8 Å². The second kappa shape index (κ2) is 6.92. The topological polar surface area (TPSA) is 32.5 Å². The molecule has 0 saturated carbocycles. The maximum Gasteiger partial charge on any atom is 0.0511 e. The first-order valence-electron chi connectivity index (χ1n) is 7.50. The van der Waals surface area contributed by atoms with Crippen LogP contribution < -0.4 is 10.6 Å². The summed E-state index contributed by atoms with van der Waals surface area (Å²) in [5.41, 5.74) is 8.66. The predicted octanol–water partition coefficient (Wildman–Crippen LogP) is 2.87. The second-order valence-corrected chi connectivity index (χ2v) is 6.79. The van der Waals surface area contributed by atoms with Crippen LogP contribution in [0.25, 0.3) is 0 Å². The Kier molecular flexibility index (Phi) is 5.47. The van der Waals surface area contributed by atoms with Gasteiger partial charge in [0.1, 0.15) is 0 Å². The molecule has 0 bridgehead atoms. The van der Waals surface area contributed by atoms with Crippen molar-refractivity contribution in [2.24, 2.45) is 5.73 Å². The first kappa shape index (κ1) is 15.8. The second-order valence-electron chi connectivity index (χ2n) is 5.93. The number of anilines is 1. The van der Waals surface area contributed by atoms with E-state index in [4.69, 9.17) is 5.73 Å². The van der Waals surface area contributed by atoms with Crippen molar-refractivity contribution in [3.63, 3.8) is 0 Å². The van der Waals surface area contributed by atoms with E-state index in [9.17, 15) is 0 Å². The SMILES string of the molecule is CCC(N)Cc1ccc(N2CCN(C)C(C)C2)c(Br)c1. The van der Waals surface area contributed by atoms with E-state index < -0.39 is 0 Å². The van der Waals surface area contributed by atoms with Gasteiger partial charge in [-0.3, -0.25) is 0 Å². The molecule has 1 aromatic rings.